The number of aryl methyl sites for hydroxylation is 1. The van der Waals surface area contributed by atoms with Crippen LogP contribution in [0.4, 0.5) is 5.82 Å². The first-order valence-electron chi connectivity index (χ1n) is 7.08. The van der Waals surface area contributed by atoms with E-state index in [0.29, 0.717) is 24.1 Å². The van der Waals surface area contributed by atoms with Crippen LogP contribution in [-0.2, 0) is 0 Å². The number of rotatable bonds is 6. The van der Waals surface area contributed by atoms with Crippen molar-refractivity contribution in [3.8, 4) is 17.4 Å². The third-order valence-corrected chi connectivity index (χ3v) is 2.97. The van der Waals surface area contributed by atoms with Gasteiger partial charge in [-0.25, -0.2) is 4.98 Å². The van der Waals surface area contributed by atoms with Crippen LogP contribution in [0.5, 0.6) is 17.4 Å². The summed E-state index contributed by atoms with van der Waals surface area (Å²) in [4.78, 5) is 8.70. The second kappa shape index (κ2) is 6.92. The molecule has 5 heteroatoms. The first-order valence-corrected chi connectivity index (χ1v) is 7.08. The van der Waals surface area contributed by atoms with E-state index in [0.717, 1.165) is 23.6 Å². The van der Waals surface area contributed by atoms with Gasteiger partial charge in [0.2, 0.25) is 5.88 Å². The van der Waals surface area contributed by atoms with Crippen LogP contribution in [0.1, 0.15) is 24.7 Å². The smallest absolute Gasteiger partial charge is 0.227 e. The van der Waals surface area contributed by atoms with Crippen LogP contribution in [-0.4, -0.2) is 23.6 Å². The molecule has 1 heterocycles. The summed E-state index contributed by atoms with van der Waals surface area (Å²) in [6.07, 6.45) is 0.948. The van der Waals surface area contributed by atoms with Crippen molar-refractivity contribution in [1.82, 2.24) is 9.97 Å². The lowest BCUT2D eigenvalue weighted by molar-refractivity contribution is 0.300. The molecule has 112 valence electrons. The van der Waals surface area contributed by atoms with Crippen molar-refractivity contribution < 1.29 is 9.47 Å². The predicted octanol–water partition coefficient (Wildman–Crippen LogP) is 3.72. The molecule has 0 saturated heterocycles. The number of nitrogens with zero attached hydrogens (tertiary/aromatic N) is 2. The van der Waals surface area contributed by atoms with Gasteiger partial charge in [-0.05, 0) is 32.4 Å². The lowest BCUT2D eigenvalue weighted by atomic mass is 10.3. The van der Waals surface area contributed by atoms with Crippen molar-refractivity contribution in [2.45, 2.75) is 27.2 Å². The summed E-state index contributed by atoms with van der Waals surface area (Å²) in [7, 11) is 1.83. The summed E-state index contributed by atoms with van der Waals surface area (Å²) < 4.78 is 11.6. The minimum absolute atomic E-state index is 0.541. The maximum atomic E-state index is 5.94. The molecule has 0 aliphatic rings. The first-order chi connectivity index (χ1) is 10.2. The van der Waals surface area contributed by atoms with Crippen LogP contribution < -0.4 is 14.8 Å². The number of para-hydroxylation sites is 2. The average Bonchev–Trinajstić information content (AvgIpc) is 2.49. The Morgan fingerprint density at radius 2 is 1.81 bits per heavy atom. The normalized spacial score (nSPS) is 10.3. The molecule has 0 saturated carbocycles. The Hall–Kier alpha value is -2.30. The molecular weight excluding hydrogens is 266 g/mol. The lowest BCUT2D eigenvalue weighted by Gasteiger charge is -2.14. The highest BCUT2D eigenvalue weighted by Gasteiger charge is 2.12. The SMILES string of the molecule is CCCOc1ccccc1Oc1nc(C)nc(NC)c1C. The maximum absolute atomic E-state index is 5.94. The molecule has 0 fully saturated rings. The molecule has 0 amide bonds. The molecule has 5 nitrogen and oxygen atoms in total. The molecule has 0 bridgehead atoms. The van der Waals surface area contributed by atoms with E-state index in [-0.39, 0.29) is 0 Å². The lowest BCUT2D eigenvalue weighted by Crippen LogP contribution is -2.04. The van der Waals surface area contributed by atoms with Gasteiger partial charge in [0.15, 0.2) is 11.5 Å². The Kier molecular flexibility index (Phi) is 4.98. The van der Waals surface area contributed by atoms with E-state index < -0.39 is 0 Å². The van der Waals surface area contributed by atoms with E-state index in [4.69, 9.17) is 9.47 Å². The van der Waals surface area contributed by atoms with E-state index in [1.807, 2.05) is 45.2 Å². The number of aromatic nitrogens is 2. The zero-order valence-corrected chi connectivity index (χ0v) is 12.9. The molecule has 0 aliphatic carbocycles. The zero-order chi connectivity index (χ0) is 15.2. The number of hydrogen-bond donors (Lipinski definition) is 1. The molecular formula is C16H21N3O2. The molecule has 1 aromatic heterocycles. The van der Waals surface area contributed by atoms with E-state index >= 15 is 0 Å². The third kappa shape index (κ3) is 3.62. The number of hydrogen-bond acceptors (Lipinski definition) is 5. The van der Waals surface area contributed by atoms with E-state index in [1.165, 1.54) is 0 Å². The minimum atomic E-state index is 0.541. The Bertz CT molecular complexity index is 614. The minimum Gasteiger partial charge on any atom is -0.490 e. The van der Waals surface area contributed by atoms with Crippen LogP contribution in [0, 0.1) is 13.8 Å². The van der Waals surface area contributed by atoms with Gasteiger partial charge in [-0.3, -0.25) is 0 Å². The Balaban J connectivity index is 2.32. The van der Waals surface area contributed by atoms with Crippen molar-refractivity contribution in [3.63, 3.8) is 0 Å². The predicted molar refractivity (Wildman–Crippen MR) is 83.4 cm³/mol. The van der Waals surface area contributed by atoms with Gasteiger partial charge in [0.25, 0.3) is 0 Å². The van der Waals surface area contributed by atoms with Crippen LogP contribution in [0.25, 0.3) is 0 Å². The van der Waals surface area contributed by atoms with Crippen LogP contribution in [0.3, 0.4) is 0 Å². The summed E-state index contributed by atoms with van der Waals surface area (Å²) in [5.41, 5.74) is 0.869. The molecule has 0 unspecified atom stereocenters. The molecule has 2 aromatic rings. The van der Waals surface area contributed by atoms with Gasteiger partial charge in [0.05, 0.1) is 12.2 Å². The fourth-order valence-electron chi connectivity index (χ4n) is 1.92. The second-order valence-corrected chi connectivity index (χ2v) is 4.70. The molecule has 21 heavy (non-hydrogen) atoms. The summed E-state index contributed by atoms with van der Waals surface area (Å²) in [5.74, 6) is 3.35. The monoisotopic (exact) mass is 287 g/mol. The highest BCUT2D eigenvalue weighted by atomic mass is 16.5. The van der Waals surface area contributed by atoms with Gasteiger partial charge in [-0.2, -0.15) is 4.98 Å². The van der Waals surface area contributed by atoms with Gasteiger partial charge in [0.1, 0.15) is 11.6 Å². The molecule has 0 spiro atoms. The van der Waals surface area contributed by atoms with Crippen molar-refractivity contribution >= 4 is 5.82 Å². The highest BCUT2D eigenvalue weighted by molar-refractivity contribution is 5.50. The van der Waals surface area contributed by atoms with Crippen LogP contribution >= 0.6 is 0 Å². The molecule has 0 atom stereocenters. The fraction of sp³-hybridized carbons (Fsp3) is 0.375. The van der Waals surface area contributed by atoms with Crippen LogP contribution in [0.2, 0.25) is 0 Å². The van der Waals surface area contributed by atoms with Gasteiger partial charge in [0, 0.05) is 7.05 Å². The summed E-state index contributed by atoms with van der Waals surface area (Å²) in [6, 6.07) is 7.61. The molecule has 1 aromatic carbocycles. The quantitative estimate of drug-likeness (QED) is 0.877. The number of benzene rings is 1. The second-order valence-electron chi connectivity index (χ2n) is 4.70. The molecule has 1 N–H and O–H groups in total. The third-order valence-electron chi connectivity index (χ3n) is 2.97. The standard InChI is InChI=1S/C16H21N3O2/c1-5-10-20-13-8-6-7-9-14(13)21-16-11(2)15(17-4)18-12(3)19-16/h6-9H,5,10H2,1-4H3,(H,17,18,19). The molecule has 0 radical (unpaired) electrons. The Morgan fingerprint density at radius 1 is 1.10 bits per heavy atom. The van der Waals surface area contributed by atoms with Gasteiger partial charge in [-0.1, -0.05) is 19.1 Å². The number of nitrogens with one attached hydrogen (secondary N) is 1. The largest absolute Gasteiger partial charge is 0.490 e. The van der Waals surface area contributed by atoms with Crippen molar-refractivity contribution in [3.05, 3.63) is 35.7 Å². The topological polar surface area (TPSA) is 56.3 Å². The van der Waals surface area contributed by atoms with Crippen molar-refractivity contribution in [1.29, 1.82) is 0 Å². The zero-order valence-electron chi connectivity index (χ0n) is 12.9. The Morgan fingerprint density at radius 3 is 2.48 bits per heavy atom. The maximum Gasteiger partial charge on any atom is 0.227 e. The summed E-state index contributed by atoms with van der Waals surface area (Å²) in [5, 5.41) is 3.05. The van der Waals surface area contributed by atoms with Gasteiger partial charge in [-0.15, -0.1) is 0 Å². The van der Waals surface area contributed by atoms with Crippen molar-refractivity contribution in [2.75, 3.05) is 19.0 Å². The summed E-state index contributed by atoms with van der Waals surface area (Å²) >= 11 is 0. The highest BCUT2D eigenvalue weighted by Crippen LogP contribution is 2.33. The van der Waals surface area contributed by atoms with Crippen LogP contribution in [0.15, 0.2) is 24.3 Å². The summed E-state index contributed by atoms with van der Waals surface area (Å²) in [6.45, 7) is 6.49. The van der Waals surface area contributed by atoms with E-state index in [9.17, 15) is 0 Å². The molecule has 2 rings (SSSR count). The first kappa shape index (κ1) is 15.1. The average molecular weight is 287 g/mol. The van der Waals surface area contributed by atoms with E-state index in [1.54, 1.807) is 0 Å². The number of ether oxygens (including phenoxy) is 2. The van der Waals surface area contributed by atoms with Gasteiger partial charge >= 0.3 is 0 Å². The molecule has 0 aliphatic heterocycles. The van der Waals surface area contributed by atoms with Crippen molar-refractivity contribution in [2.24, 2.45) is 0 Å². The fourth-order valence-corrected chi connectivity index (χ4v) is 1.92. The number of anilines is 1. The van der Waals surface area contributed by atoms with Gasteiger partial charge < -0.3 is 14.8 Å². The van der Waals surface area contributed by atoms with E-state index in [2.05, 4.69) is 22.2 Å². The Labute approximate surface area is 125 Å².